The zero-order valence-corrected chi connectivity index (χ0v) is 17.1. The summed E-state index contributed by atoms with van der Waals surface area (Å²) in [5.74, 6) is 0.908. The summed E-state index contributed by atoms with van der Waals surface area (Å²) in [7, 11) is 0. The van der Waals surface area contributed by atoms with Gasteiger partial charge < -0.3 is 16.0 Å². The maximum Gasteiger partial charge on any atom is 0.224 e. The van der Waals surface area contributed by atoms with Crippen molar-refractivity contribution in [1.82, 2.24) is 15.5 Å². The molecule has 2 rings (SSSR count). The molecule has 1 aromatic rings. The van der Waals surface area contributed by atoms with Crippen molar-refractivity contribution in [3.8, 4) is 0 Å². The minimum atomic E-state index is 0.0604. The third kappa shape index (κ3) is 7.21. The van der Waals surface area contributed by atoms with E-state index in [1.54, 1.807) is 0 Å². The monoisotopic (exact) mass is 373 g/mol. The molecule has 1 atom stereocenters. The number of carbonyl (C=O) groups is 1. The minimum absolute atomic E-state index is 0.0604. The van der Waals surface area contributed by atoms with E-state index in [-0.39, 0.29) is 5.91 Å². The molecule has 6 heteroatoms. The molecule has 1 amide bonds. The number of guanidine groups is 1. The molecular formula is C21H35N5O. The van der Waals surface area contributed by atoms with Crippen LogP contribution in [0.1, 0.15) is 52.0 Å². The van der Waals surface area contributed by atoms with Crippen LogP contribution in [0, 0.1) is 0 Å². The van der Waals surface area contributed by atoms with Crippen LogP contribution in [0.15, 0.2) is 29.3 Å². The Morgan fingerprint density at radius 3 is 2.85 bits per heavy atom. The van der Waals surface area contributed by atoms with Gasteiger partial charge in [-0.1, -0.05) is 26.0 Å². The molecular weight excluding hydrogens is 338 g/mol. The highest BCUT2D eigenvalue weighted by Gasteiger charge is 2.22. The zero-order chi connectivity index (χ0) is 19.5. The second-order valence-electron chi connectivity index (χ2n) is 7.00. The Bertz CT molecular complexity index is 616. The number of likely N-dealkylation sites (N-methyl/N-ethyl adjacent to an activating group) is 1. The van der Waals surface area contributed by atoms with Crippen LogP contribution >= 0.6 is 0 Å². The van der Waals surface area contributed by atoms with Crippen LogP contribution in [0.25, 0.3) is 0 Å². The summed E-state index contributed by atoms with van der Waals surface area (Å²) in [6.45, 7) is 11.0. The van der Waals surface area contributed by atoms with Crippen molar-refractivity contribution < 1.29 is 4.79 Å². The van der Waals surface area contributed by atoms with Gasteiger partial charge in [0.15, 0.2) is 5.96 Å². The topological polar surface area (TPSA) is 68.8 Å². The largest absolute Gasteiger partial charge is 0.357 e. The van der Waals surface area contributed by atoms with Crippen LogP contribution in [0.3, 0.4) is 0 Å². The van der Waals surface area contributed by atoms with Crippen LogP contribution in [-0.2, 0) is 11.3 Å². The molecule has 1 aromatic carbocycles. The quantitative estimate of drug-likeness (QED) is 0.460. The predicted molar refractivity (Wildman–Crippen MR) is 113 cm³/mol. The lowest BCUT2D eigenvalue weighted by Gasteiger charge is -2.24. The molecule has 0 saturated carbocycles. The van der Waals surface area contributed by atoms with Crippen molar-refractivity contribution in [2.24, 2.45) is 4.99 Å². The van der Waals surface area contributed by atoms with Crippen molar-refractivity contribution in [1.29, 1.82) is 0 Å². The summed E-state index contributed by atoms with van der Waals surface area (Å²) in [4.78, 5) is 19.0. The van der Waals surface area contributed by atoms with Crippen molar-refractivity contribution >= 4 is 17.6 Å². The summed E-state index contributed by atoms with van der Waals surface area (Å²) in [6, 6.07) is 8.51. The smallest absolute Gasteiger partial charge is 0.224 e. The molecule has 3 N–H and O–H groups in total. The Labute approximate surface area is 163 Å². The van der Waals surface area contributed by atoms with Crippen molar-refractivity contribution in [3.05, 3.63) is 29.8 Å². The Kier molecular flexibility index (Phi) is 9.11. The van der Waals surface area contributed by atoms with Gasteiger partial charge in [-0.05, 0) is 57.0 Å². The molecule has 0 spiro atoms. The van der Waals surface area contributed by atoms with Crippen LogP contribution in [0.5, 0.6) is 0 Å². The van der Waals surface area contributed by atoms with E-state index in [0.717, 1.165) is 43.3 Å². The van der Waals surface area contributed by atoms with E-state index in [1.165, 1.54) is 19.4 Å². The molecule has 0 aromatic heterocycles. The van der Waals surface area contributed by atoms with E-state index in [1.807, 2.05) is 31.2 Å². The van der Waals surface area contributed by atoms with E-state index < -0.39 is 0 Å². The van der Waals surface area contributed by atoms with Gasteiger partial charge in [0.1, 0.15) is 0 Å². The van der Waals surface area contributed by atoms with Gasteiger partial charge in [0.25, 0.3) is 0 Å². The highest BCUT2D eigenvalue weighted by molar-refractivity contribution is 5.90. The first kappa shape index (κ1) is 21.2. The van der Waals surface area contributed by atoms with Crippen LogP contribution in [-0.4, -0.2) is 49.0 Å². The number of hydrogen-bond acceptors (Lipinski definition) is 3. The first-order valence-electron chi connectivity index (χ1n) is 10.3. The fourth-order valence-electron chi connectivity index (χ4n) is 3.47. The fraction of sp³-hybridized carbons (Fsp3) is 0.619. The maximum atomic E-state index is 11.8. The average Bonchev–Trinajstić information content (AvgIpc) is 3.12. The molecule has 1 fully saturated rings. The van der Waals surface area contributed by atoms with E-state index in [0.29, 0.717) is 19.0 Å². The normalized spacial score (nSPS) is 17.7. The van der Waals surface area contributed by atoms with E-state index in [9.17, 15) is 4.79 Å². The van der Waals surface area contributed by atoms with E-state index in [2.05, 4.69) is 34.7 Å². The second-order valence-corrected chi connectivity index (χ2v) is 7.00. The standard InChI is InChI=1S/C21H35N5O/c1-4-9-20(27)25-18-11-7-10-17(14-18)15-23-21(22-5-2)24-16-19-12-8-13-26(19)6-3/h7,10-11,14,19H,4-6,8-9,12-13,15-16H2,1-3H3,(H,25,27)(H2,22,23,24). The van der Waals surface area contributed by atoms with Crippen molar-refractivity contribution in [3.63, 3.8) is 0 Å². The fourth-order valence-corrected chi connectivity index (χ4v) is 3.47. The zero-order valence-electron chi connectivity index (χ0n) is 17.1. The molecule has 1 aliphatic heterocycles. The first-order chi connectivity index (χ1) is 13.2. The second kappa shape index (κ2) is 11.6. The highest BCUT2D eigenvalue weighted by atomic mass is 16.1. The lowest BCUT2D eigenvalue weighted by atomic mass is 10.2. The molecule has 0 bridgehead atoms. The summed E-state index contributed by atoms with van der Waals surface area (Å²) in [6.07, 6.45) is 3.93. The Hall–Kier alpha value is -2.08. The van der Waals surface area contributed by atoms with Gasteiger partial charge in [-0.3, -0.25) is 9.69 Å². The van der Waals surface area contributed by atoms with Crippen molar-refractivity contribution in [2.45, 2.75) is 59.0 Å². The number of rotatable bonds is 9. The Morgan fingerprint density at radius 2 is 2.11 bits per heavy atom. The first-order valence-corrected chi connectivity index (χ1v) is 10.3. The maximum absolute atomic E-state index is 11.8. The third-order valence-electron chi connectivity index (χ3n) is 4.86. The number of nitrogens with one attached hydrogen (secondary N) is 3. The van der Waals surface area contributed by atoms with Crippen LogP contribution < -0.4 is 16.0 Å². The van der Waals surface area contributed by atoms with Gasteiger partial charge >= 0.3 is 0 Å². The summed E-state index contributed by atoms with van der Waals surface area (Å²) >= 11 is 0. The van der Waals surface area contributed by atoms with Gasteiger partial charge in [-0.15, -0.1) is 0 Å². The molecule has 1 aliphatic rings. The third-order valence-corrected chi connectivity index (χ3v) is 4.86. The van der Waals surface area contributed by atoms with Gasteiger partial charge in [-0.25, -0.2) is 4.99 Å². The number of likely N-dealkylation sites (tertiary alicyclic amines) is 1. The molecule has 1 heterocycles. The summed E-state index contributed by atoms with van der Waals surface area (Å²) in [5, 5.41) is 9.76. The number of nitrogens with zero attached hydrogens (tertiary/aromatic N) is 2. The molecule has 0 aliphatic carbocycles. The molecule has 150 valence electrons. The van der Waals surface area contributed by atoms with Crippen molar-refractivity contribution in [2.75, 3.05) is 31.5 Å². The molecule has 1 saturated heterocycles. The lowest BCUT2D eigenvalue weighted by Crippen LogP contribution is -2.44. The predicted octanol–water partition coefficient (Wildman–Crippen LogP) is 2.96. The van der Waals surface area contributed by atoms with Gasteiger partial charge in [0.05, 0.1) is 6.54 Å². The summed E-state index contributed by atoms with van der Waals surface area (Å²) in [5.41, 5.74) is 1.92. The lowest BCUT2D eigenvalue weighted by molar-refractivity contribution is -0.116. The summed E-state index contributed by atoms with van der Waals surface area (Å²) < 4.78 is 0. The number of benzene rings is 1. The Balaban J connectivity index is 1.92. The van der Waals surface area contributed by atoms with E-state index in [4.69, 9.17) is 4.99 Å². The van der Waals surface area contributed by atoms with Gasteiger partial charge in [0, 0.05) is 31.2 Å². The van der Waals surface area contributed by atoms with Gasteiger partial charge in [0.2, 0.25) is 5.91 Å². The highest BCUT2D eigenvalue weighted by Crippen LogP contribution is 2.15. The van der Waals surface area contributed by atoms with Gasteiger partial charge in [-0.2, -0.15) is 0 Å². The minimum Gasteiger partial charge on any atom is -0.357 e. The number of aliphatic imine (C=N–C) groups is 1. The SMILES string of the molecule is CCCC(=O)Nc1cccc(CN=C(NCC)NCC2CCCN2CC)c1. The molecule has 27 heavy (non-hydrogen) atoms. The van der Waals surface area contributed by atoms with Crippen LogP contribution in [0.2, 0.25) is 0 Å². The number of anilines is 1. The van der Waals surface area contributed by atoms with Crippen LogP contribution in [0.4, 0.5) is 5.69 Å². The Morgan fingerprint density at radius 1 is 1.26 bits per heavy atom. The molecule has 0 radical (unpaired) electrons. The molecule has 1 unspecified atom stereocenters. The molecule has 6 nitrogen and oxygen atoms in total. The number of amides is 1. The number of hydrogen-bond donors (Lipinski definition) is 3. The number of carbonyl (C=O) groups excluding carboxylic acids is 1. The van der Waals surface area contributed by atoms with E-state index >= 15 is 0 Å². The average molecular weight is 374 g/mol.